The van der Waals surface area contributed by atoms with Crippen LogP contribution in [0.5, 0.6) is 11.5 Å². The maximum atomic E-state index is 13.2. The number of rotatable bonds is 9. The van der Waals surface area contributed by atoms with Crippen molar-refractivity contribution in [2.75, 3.05) is 26.8 Å². The molecule has 13 heteroatoms. The highest BCUT2D eigenvalue weighted by molar-refractivity contribution is 14.1. The van der Waals surface area contributed by atoms with Gasteiger partial charge in [0.2, 0.25) is 11.8 Å². The van der Waals surface area contributed by atoms with Crippen molar-refractivity contribution in [3.05, 3.63) is 32.9 Å². The number of carbonyl (C=O) groups excluding carboxylic acids is 3. The first-order chi connectivity index (χ1) is 15.9. The third kappa shape index (κ3) is 7.06. The zero-order valence-corrected chi connectivity index (χ0v) is 20.4. The highest BCUT2D eigenvalue weighted by atomic mass is 127. The van der Waals surface area contributed by atoms with Gasteiger partial charge in [0, 0.05) is 31.0 Å². The minimum Gasteiger partial charge on any atom is -0.493 e. The molecule has 34 heavy (non-hydrogen) atoms. The minimum absolute atomic E-state index is 0.0272. The average Bonchev–Trinajstić information content (AvgIpc) is 2.77. The summed E-state index contributed by atoms with van der Waals surface area (Å²) >= 11 is 1.86. The van der Waals surface area contributed by atoms with E-state index in [-0.39, 0.29) is 42.2 Å². The molecule has 3 N–H and O–H groups in total. The lowest BCUT2D eigenvalue weighted by molar-refractivity contribution is -0.171. The highest BCUT2D eigenvalue weighted by Crippen LogP contribution is 2.37. The van der Waals surface area contributed by atoms with Gasteiger partial charge in [-0.3, -0.25) is 14.4 Å². The maximum absolute atomic E-state index is 13.2. The van der Waals surface area contributed by atoms with E-state index in [0.29, 0.717) is 14.8 Å². The molecule has 0 bridgehead atoms. The Kier molecular flexibility index (Phi) is 9.70. The van der Waals surface area contributed by atoms with Crippen LogP contribution in [0, 0.1) is 3.57 Å². The topological polar surface area (TPSA) is 125 Å². The van der Waals surface area contributed by atoms with Gasteiger partial charge in [0.15, 0.2) is 11.5 Å². The Morgan fingerprint density at radius 3 is 2.56 bits per heavy atom. The van der Waals surface area contributed by atoms with E-state index in [1.807, 2.05) is 22.6 Å². The van der Waals surface area contributed by atoms with Gasteiger partial charge < -0.3 is 29.9 Å². The van der Waals surface area contributed by atoms with Crippen molar-refractivity contribution in [2.24, 2.45) is 0 Å². The number of aldehydes is 1. The van der Waals surface area contributed by atoms with Gasteiger partial charge in [-0.1, -0.05) is 0 Å². The molecular weight excluding hydrogens is 576 g/mol. The Bertz CT molecular complexity index is 955. The first kappa shape index (κ1) is 27.9. The van der Waals surface area contributed by atoms with E-state index in [2.05, 4.69) is 5.32 Å². The second kappa shape index (κ2) is 11.8. The zero-order valence-electron chi connectivity index (χ0n) is 18.3. The molecule has 1 aromatic rings. The lowest BCUT2D eigenvalue weighted by atomic mass is 9.88. The van der Waals surface area contributed by atoms with Crippen LogP contribution >= 0.6 is 22.6 Å². The number of nitrogens with zero attached hydrogens (tertiary/aromatic N) is 1. The lowest BCUT2D eigenvalue weighted by Crippen LogP contribution is -2.56. The fraction of sp³-hybridized carbons (Fsp3) is 0.476. The monoisotopic (exact) mass is 600 g/mol. The second-order valence-electron chi connectivity index (χ2n) is 7.43. The van der Waals surface area contributed by atoms with E-state index in [9.17, 15) is 32.7 Å². The normalized spacial score (nSPS) is 20.2. The Labute approximate surface area is 207 Å². The summed E-state index contributed by atoms with van der Waals surface area (Å²) in [5.74, 6) is -1.41. The van der Waals surface area contributed by atoms with Crippen LogP contribution < -0.4 is 14.8 Å². The number of methoxy groups -OCH3 is 1. The highest BCUT2D eigenvalue weighted by Gasteiger charge is 2.43. The van der Waals surface area contributed by atoms with Gasteiger partial charge in [-0.05, 0) is 40.8 Å². The van der Waals surface area contributed by atoms with Crippen LogP contribution in [0.1, 0.15) is 23.7 Å². The average molecular weight is 600 g/mol. The fourth-order valence-electron chi connectivity index (χ4n) is 3.49. The molecular formula is C21H24F3IN2O7. The van der Waals surface area contributed by atoms with E-state index in [4.69, 9.17) is 14.6 Å². The van der Waals surface area contributed by atoms with Gasteiger partial charge in [-0.15, -0.1) is 0 Å². The number of ether oxygens (including phenoxy) is 2. The number of carbonyl (C=O) groups is 3. The van der Waals surface area contributed by atoms with E-state index in [0.717, 1.165) is 6.92 Å². The van der Waals surface area contributed by atoms with Crippen LogP contribution in [0.2, 0.25) is 0 Å². The molecule has 0 fully saturated rings. The number of benzene rings is 1. The van der Waals surface area contributed by atoms with Gasteiger partial charge in [-0.25, -0.2) is 0 Å². The summed E-state index contributed by atoms with van der Waals surface area (Å²) in [4.78, 5) is 36.2. The summed E-state index contributed by atoms with van der Waals surface area (Å²) in [6.45, 7) is -1.16. The van der Waals surface area contributed by atoms with Gasteiger partial charge in [0.1, 0.15) is 25.0 Å². The molecule has 3 unspecified atom stereocenters. The third-order valence-corrected chi connectivity index (χ3v) is 5.81. The van der Waals surface area contributed by atoms with Crippen molar-refractivity contribution in [3.8, 4) is 11.5 Å². The first-order valence-electron chi connectivity index (χ1n) is 10.0. The number of halogens is 4. The Hall–Kier alpha value is -2.39. The van der Waals surface area contributed by atoms with E-state index in [1.165, 1.54) is 25.3 Å². The molecule has 0 heterocycles. The smallest absolute Gasteiger partial charge is 0.406 e. The molecule has 1 aliphatic rings. The van der Waals surface area contributed by atoms with Crippen LogP contribution in [0.15, 0.2) is 23.8 Å². The molecule has 0 saturated heterocycles. The summed E-state index contributed by atoms with van der Waals surface area (Å²) in [6.07, 6.45) is -6.24. The quantitative estimate of drug-likeness (QED) is 0.290. The van der Waals surface area contributed by atoms with Crippen molar-refractivity contribution in [1.29, 1.82) is 0 Å². The molecule has 0 spiro atoms. The van der Waals surface area contributed by atoms with Crippen LogP contribution in [-0.4, -0.2) is 84.4 Å². The number of hydrogen-bond donors (Lipinski definition) is 3. The van der Waals surface area contributed by atoms with E-state index in [1.54, 1.807) is 0 Å². The standard InChI is InChI=1S/C21H24F3IN2O7/c1-11(30)27(10-21(22,23)24)15-7-13(20(32)26-3-4-28)8-16(18(15)31)34-19-14(25)5-12(9-29)6-17(19)33-2/h5-6,8-9,15-16,18,28,31H,3-4,7,10H2,1-2H3,(H,26,32). The summed E-state index contributed by atoms with van der Waals surface area (Å²) in [7, 11) is 1.32. The molecule has 2 amide bonds. The van der Waals surface area contributed by atoms with Crippen molar-refractivity contribution in [3.63, 3.8) is 0 Å². The zero-order chi connectivity index (χ0) is 25.6. The Morgan fingerprint density at radius 2 is 2.03 bits per heavy atom. The number of alkyl halides is 3. The Morgan fingerprint density at radius 1 is 1.35 bits per heavy atom. The van der Waals surface area contributed by atoms with Gasteiger partial charge in [0.25, 0.3) is 0 Å². The molecule has 0 radical (unpaired) electrons. The number of aliphatic hydroxyl groups excluding tert-OH is 2. The molecule has 0 aromatic heterocycles. The van der Waals surface area contributed by atoms with Crippen LogP contribution in [0.4, 0.5) is 13.2 Å². The Balaban J connectivity index is 2.50. The molecule has 0 saturated carbocycles. The number of hydrogen-bond acceptors (Lipinski definition) is 7. The molecule has 188 valence electrons. The van der Waals surface area contributed by atoms with Crippen molar-refractivity contribution in [1.82, 2.24) is 10.2 Å². The third-order valence-electron chi connectivity index (χ3n) is 5.01. The lowest BCUT2D eigenvalue weighted by Gasteiger charge is -2.40. The molecule has 1 aromatic carbocycles. The van der Waals surface area contributed by atoms with Crippen LogP contribution in [0.25, 0.3) is 0 Å². The number of aliphatic hydroxyl groups is 2. The number of nitrogens with one attached hydrogen (secondary N) is 1. The SMILES string of the molecule is COc1cc(C=O)cc(I)c1OC1C=C(C(=O)NCCO)CC(N(CC(F)(F)F)C(C)=O)C1O. The summed E-state index contributed by atoms with van der Waals surface area (Å²) in [6, 6.07) is 1.42. The predicted octanol–water partition coefficient (Wildman–Crippen LogP) is 1.44. The predicted molar refractivity (Wildman–Crippen MR) is 122 cm³/mol. The summed E-state index contributed by atoms with van der Waals surface area (Å²) in [5.41, 5.74) is 0.254. The fourth-order valence-corrected chi connectivity index (χ4v) is 4.25. The van der Waals surface area contributed by atoms with Crippen molar-refractivity contribution in [2.45, 2.75) is 37.8 Å². The molecule has 0 aliphatic heterocycles. The minimum atomic E-state index is -4.74. The summed E-state index contributed by atoms with van der Waals surface area (Å²) in [5, 5.41) is 22.3. The van der Waals surface area contributed by atoms with Crippen LogP contribution in [-0.2, 0) is 9.59 Å². The van der Waals surface area contributed by atoms with Crippen LogP contribution in [0.3, 0.4) is 0 Å². The number of amides is 2. The van der Waals surface area contributed by atoms with Crippen molar-refractivity contribution < 1.29 is 47.2 Å². The second-order valence-corrected chi connectivity index (χ2v) is 8.59. The van der Waals surface area contributed by atoms with E-state index < -0.39 is 42.8 Å². The van der Waals surface area contributed by atoms with Gasteiger partial charge in [-0.2, -0.15) is 13.2 Å². The first-order valence-corrected chi connectivity index (χ1v) is 11.1. The molecule has 2 rings (SSSR count). The molecule has 1 aliphatic carbocycles. The summed E-state index contributed by atoms with van der Waals surface area (Å²) < 4.78 is 51.0. The van der Waals surface area contributed by atoms with Gasteiger partial charge in [0.05, 0.1) is 23.3 Å². The largest absolute Gasteiger partial charge is 0.493 e. The van der Waals surface area contributed by atoms with Crippen molar-refractivity contribution >= 4 is 40.7 Å². The van der Waals surface area contributed by atoms with E-state index >= 15 is 0 Å². The molecule has 3 atom stereocenters. The van der Waals surface area contributed by atoms with Gasteiger partial charge >= 0.3 is 6.18 Å². The maximum Gasteiger partial charge on any atom is 0.406 e. The molecule has 9 nitrogen and oxygen atoms in total.